The average molecular weight is 335 g/mol. The second-order valence-electron chi connectivity index (χ2n) is 5.52. The summed E-state index contributed by atoms with van der Waals surface area (Å²) in [5.41, 5.74) is 1.59. The highest BCUT2D eigenvalue weighted by molar-refractivity contribution is 6.14. The fourth-order valence-corrected chi connectivity index (χ4v) is 2.81. The number of hydrogen-bond acceptors (Lipinski definition) is 3. The van der Waals surface area contributed by atoms with E-state index in [9.17, 15) is 13.6 Å². The number of carbonyl (C=O) groups is 1. The average Bonchev–Trinajstić information content (AvgIpc) is 2.58. The first-order valence-corrected chi connectivity index (χ1v) is 7.57. The zero-order valence-electron chi connectivity index (χ0n) is 12.9. The quantitative estimate of drug-likeness (QED) is 0.298. The van der Waals surface area contributed by atoms with Crippen molar-refractivity contribution in [2.75, 3.05) is 0 Å². The summed E-state index contributed by atoms with van der Waals surface area (Å²) in [6, 6.07) is 17.0. The zero-order chi connectivity index (χ0) is 17.4. The highest BCUT2D eigenvalue weighted by Gasteiger charge is 2.18. The van der Waals surface area contributed by atoms with Crippen molar-refractivity contribution in [3.05, 3.63) is 83.9 Å². The Labute approximate surface area is 141 Å². The van der Waals surface area contributed by atoms with Crippen LogP contribution in [0.5, 0.6) is 5.75 Å². The van der Waals surface area contributed by atoms with Gasteiger partial charge in [0.2, 0.25) is 0 Å². The van der Waals surface area contributed by atoms with Crippen LogP contribution in [0.3, 0.4) is 0 Å². The van der Waals surface area contributed by atoms with Gasteiger partial charge in [-0.25, -0.2) is 18.6 Å². The summed E-state index contributed by atoms with van der Waals surface area (Å²) in [5.74, 6) is -2.51. The van der Waals surface area contributed by atoms with Crippen molar-refractivity contribution in [1.29, 1.82) is 0 Å². The van der Waals surface area contributed by atoms with Crippen LogP contribution in [0, 0.1) is 11.6 Å². The van der Waals surface area contributed by atoms with E-state index in [1.165, 1.54) is 0 Å². The lowest BCUT2D eigenvalue weighted by Crippen LogP contribution is -2.11. The number of rotatable bonds is 2. The number of carbonyl (C=O) groups excluding carboxylic acids is 1. The normalized spacial score (nSPS) is 11.0. The monoisotopic (exact) mass is 335 g/mol. The lowest BCUT2D eigenvalue weighted by molar-refractivity contribution is 0.0738. The third kappa shape index (κ3) is 2.80. The molecule has 0 N–H and O–H groups in total. The van der Waals surface area contributed by atoms with Gasteiger partial charge < -0.3 is 4.74 Å². The standard InChI is InChI=1S/C20H11F2NO2/c21-12-9-13(22)11-14(10-12)25-20(24)19-15-5-1-3-7-17(15)23-18-8-4-2-6-16(18)19/h1-11H. The van der Waals surface area contributed by atoms with Crippen LogP contribution in [0.4, 0.5) is 8.78 Å². The van der Waals surface area contributed by atoms with Crippen LogP contribution in [-0.2, 0) is 0 Å². The van der Waals surface area contributed by atoms with E-state index < -0.39 is 17.6 Å². The zero-order valence-corrected chi connectivity index (χ0v) is 12.9. The van der Waals surface area contributed by atoms with Crippen molar-refractivity contribution >= 4 is 27.8 Å². The van der Waals surface area contributed by atoms with E-state index in [1.807, 2.05) is 12.1 Å². The van der Waals surface area contributed by atoms with Crippen LogP contribution in [0.1, 0.15) is 10.4 Å². The van der Waals surface area contributed by atoms with Gasteiger partial charge in [0.25, 0.3) is 0 Å². The largest absolute Gasteiger partial charge is 0.423 e. The summed E-state index contributed by atoms with van der Waals surface area (Å²) in [7, 11) is 0. The van der Waals surface area contributed by atoms with Gasteiger partial charge in [-0.2, -0.15) is 0 Å². The first-order valence-electron chi connectivity index (χ1n) is 7.57. The van der Waals surface area contributed by atoms with Gasteiger partial charge in [-0.1, -0.05) is 36.4 Å². The first kappa shape index (κ1) is 15.2. The molecule has 3 aromatic carbocycles. The highest BCUT2D eigenvalue weighted by Crippen LogP contribution is 2.27. The van der Waals surface area contributed by atoms with E-state index in [4.69, 9.17) is 4.74 Å². The highest BCUT2D eigenvalue weighted by atomic mass is 19.1. The van der Waals surface area contributed by atoms with Crippen molar-refractivity contribution in [2.45, 2.75) is 0 Å². The molecule has 0 radical (unpaired) electrons. The van der Waals surface area contributed by atoms with Crippen LogP contribution < -0.4 is 4.74 Å². The molecule has 1 heterocycles. The molecule has 1 aromatic heterocycles. The van der Waals surface area contributed by atoms with Crippen LogP contribution in [0.25, 0.3) is 21.8 Å². The Hall–Kier alpha value is -3.34. The smallest absolute Gasteiger partial charge is 0.344 e. The first-order chi connectivity index (χ1) is 12.1. The van der Waals surface area contributed by atoms with Gasteiger partial charge >= 0.3 is 5.97 Å². The van der Waals surface area contributed by atoms with Gasteiger partial charge in [-0.3, -0.25) is 0 Å². The molecule has 0 atom stereocenters. The van der Waals surface area contributed by atoms with Gasteiger partial charge in [-0.05, 0) is 12.1 Å². The lowest BCUT2D eigenvalue weighted by atomic mass is 10.0. The van der Waals surface area contributed by atoms with Crippen molar-refractivity contribution in [1.82, 2.24) is 4.98 Å². The molecule has 0 unspecified atom stereocenters. The minimum Gasteiger partial charge on any atom is -0.423 e. The number of para-hydroxylation sites is 2. The predicted molar refractivity (Wildman–Crippen MR) is 90.6 cm³/mol. The van der Waals surface area contributed by atoms with Crippen LogP contribution in [0.2, 0.25) is 0 Å². The topological polar surface area (TPSA) is 39.2 Å². The molecular weight excluding hydrogens is 324 g/mol. The maximum absolute atomic E-state index is 13.3. The molecule has 0 aliphatic rings. The van der Waals surface area contributed by atoms with Gasteiger partial charge in [-0.15, -0.1) is 0 Å². The molecule has 0 aliphatic heterocycles. The van der Waals surface area contributed by atoms with Crippen molar-refractivity contribution in [3.63, 3.8) is 0 Å². The molecule has 0 saturated carbocycles. The molecule has 0 amide bonds. The maximum atomic E-state index is 13.3. The molecule has 4 aromatic rings. The van der Waals surface area contributed by atoms with Crippen LogP contribution in [-0.4, -0.2) is 11.0 Å². The van der Waals surface area contributed by atoms with E-state index in [1.54, 1.807) is 36.4 Å². The number of halogens is 2. The summed E-state index contributed by atoms with van der Waals surface area (Å²) in [6.45, 7) is 0. The minimum absolute atomic E-state index is 0.188. The number of ether oxygens (including phenoxy) is 1. The Morgan fingerprint density at radius 2 is 1.32 bits per heavy atom. The predicted octanol–water partition coefficient (Wildman–Crippen LogP) is 4.89. The molecule has 0 aliphatic carbocycles. The number of benzene rings is 3. The molecule has 25 heavy (non-hydrogen) atoms. The number of hydrogen-bond donors (Lipinski definition) is 0. The number of esters is 1. The summed E-state index contributed by atoms with van der Waals surface area (Å²) >= 11 is 0. The molecule has 0 saturated heterocycles. The van der Waals surface area contributed by atoms with Crippen molar-refractivity contribution < 1.29 is 18.3 Å². The van der Waals surface area contributed by atoms with Gasteiger partial charge in [0.1, 0.15) is 17.4 Å². The van der Waals surface area contributed by atoms with Gasteiger partial charge in [0, 0.05) is 29.0 Å². The molecule has 0 fully saturated rings. The molecule has 3 nitrogen and oxygen atoms in total. The second-order valence-corrected chi connectivity index (χ2v) is 5.52. The van der Waals surface area contributed by atoms with E-state index in [-0.39, 0.29) is 5.75 Å². The van der Waals surface area contributed by atoms with Gasteiger partial charge in [0.05, 0.1) is 16.6 Å². The fourth-order valence-electron chi connectivity index (χ4n) is 2.81. The number of aromatic nitrogens is 1. The van der Waals surface area contributed by atoms with Crippen LogP contribution in [0.15, 0.2) is 66.7 Å². The maximum Gasteiger partial charge on any atom is 0.344 e. The summed E-state index contributed by atoms with van der Waals surface area (Å²) in [4.78, 5) is 17.3. The molecular formula is C20H11F2NO2. The SMILES string of the molecule is O=C(Oc1cc(F)cc(F)c1)c1c2ccccc2nc2ccccc12. The van der Waals surface area contributed by atoms with E-state index in [0.29, 0.717) is 33.4 Å². The van der Waals surface area contributed by atoms with E-state index >= 15 is 0 Å². The minimum atomic E-state index is -0.813. The molecule has 122 valence electrons. The summed E-state index contributed by atoms with van der Waals surface area (Å²) < 4.78 is 31.9. The number of fused-ring (bicyclic) bond motifs is 2. The number of pyridine rings is 1. The Bertz CT molecular complexity index is 1050. The Balaban J connectivity index is 1.90. The third-order valence-corrected chi connectivity index (χ3v) is 3.84. The molecule has 4 rings (SSSR count). The van der Waals surface area contributed by atoms with Gasteiger partial charge in [0.15, 0.2) is 0 Å². The molecule has 5 heteroatoms. The van der Waals surface area contributed by atoms with Crippen LogP contribution >= 0.6 is 0 Å². The Kier molecular flexibility index (Phi) is 3.61. The lowest BCUT2D eigenvalue weighted by Gasteiger charge is -2.10. The Morgan fingerprint density at radius 1 is 0.800 bits per heavy atom. The summed E-state index contributed by atoms with van der Waals surface area (Å²) in [6.07, 6.45) is 0. The van der Waals surface area contributed by atoms with E-state index in [2.05, 4.69) is 4.98 Å². The van der Waals surface area contributed by atoms with Crippen molar-refractivity contribution in [3.8, 4) is 5.75 Å². The molecule has 0 bridgehead atoms. The summed E-state index contributed by atoms with van der Waals surface area (Å²) in [5, 5.41) is 1.23. The number of nitrogens with zero attached hydrogens (tertiary/aromatic N) is 1. The third-order valence-electron chi connectivity index (χ3n) is 3.84. The Morgan fingerprint density at radius 3 is 1.88 bits per heavy atom. The molecule has 0 spiro atoms. The fraction of sp³-hybridized carbons (Fsp3) is 0. The van der Waals surface area contributed by atoms with Crippen molar-refractivity contribution in [2.24, 2.45) is 0 Å². The second kappa shape index (κ2) is 5.94. The van der Waals surface area contributed by atoms with E-state index in [0.717, 1.165) is 12.1 Å².